The van der Waals surface area contributed by atoms with Crippen molar-refractivity contribution in [2.45, 2.75) is 6.54 Å². The van der Waals surface area contributed by atoms with E-state index < -0.39 is 4.92 Å². The third kappa shape index (κ3) is 3.92. The van der Waals surface area contributed by atoms with Gasteiger partial charge in [-0.3, -0.25) is 19.5 Å². The maximum atomic E-state index is 12.3. The van der Waals surface area contributed by atoms with Crippen molar-refractivity contribution in [2.24, 2.45) is 7.05 Å². The normalized spacial score (nSPS) is 10.6. The van der Waals surface area contributed by atoms with E-state index >= 15 is 0 Å². The summed E-state index contributed by atoms with van der Waals surface area (Å²) in [5.74, 6) is 0.166. The van der Waals surface area contributed by atoms with E-state index in [1.807, 2.05) is 30.3 Å². The van der Waals surface area contributed by atoms with Crippen molar-refractivity contribution < 1.29 is 9.72 Å². The van der Waals surface area contributed by atoms with Crippen LogP contribution >= 0.6 is 0 Å². The van der Waals surface area contributed by atoms with Gasteiger partial charge in [0.05, 0.1) is 11.5 Å². The zero-order chi connectivity index (χ0) is 19.4. The maximum absolute atomic E-state index is 12.3. The molecule has 0 saturated carbocycles. The Morgan fingerprint density at radius 3 is 2.44 bits per heavy atom. The quantitative estimate of drug-likeness (QED) is 0.525. The fourth-order valence-electron chi connectivity index (χ4n) is 2.58. The molecule has 1 amide bonds. The SMILES string of the molecule is Cn1c(-c2ccccc2)nn(CCNC(=O)c2ccc([N+](=O)[O-])cc2)c1=O. The van der Waals surface area contributed by atoms with Crippen LogP contribution in [0.3, 0.4) is 0 Å². The highest BCUT2D eigenvalue weighted by Crippen LogP contribution is 2.14. The number of nitrogens with one attached hydrogen (secondary N) is 1. The van der Waals surface area contributed by atoms with Crippen LogP contribution in [-0.2, 0) is 13.6 Å². The highest BCUT2D eigenvalue weighted by molar-refractivity contribution is 5.94. The Morgan fingerprint density at radius 2 is 1.81 bits per heavy atom. The van der Waals surface area contributed by atoms with Crippen LogP contribution in [0, 0.1) is 10.1 Å². The Hall–Kier alpha value is -3.75. The molecular formula is C18H17N5O4. The summed E-state index contributed by atoms with van der Waals surface area (Å²) in [6.07, 6.45) is 0. The van der Waals surface area contributed by atoms with Gasteiger partial charge in [-0.15, -0.1) is 5.10 Å². The van der Waals surface area contributed by atoms with Gasteiger partial charge in [-0.05, 0) is 12.1 Å². The number of carbonyl (C=O) groups excluding carboxylic acids is 1. The lowest BCUT2D eigenvalue weighted by Gasteiger charge is -2.04. The molecule has 1 N–H and O–H groups in total. The van der Waals surface area contributed by atoms with Gasteiger partial charge in [0.1, 0.15) is 0 Å². The van der Waals surface area contributed by atoms with Crippen LogP contribution in [0.2, 0.25) is 0 Å². The molecular weight excluding hydrogens is 350 g/mol. The Kier molecular flexibility index (Phi) is 5.11. The number of rotatable bonds is 6. The molecule has 27 heavy (non-hydrogen) atoms. The molecule has 2 aromatic carbocycles. The second-order valence-corrected chi connectivity index (χ2v) is 5.81. The standard InChI is InChI=1S/C18H17N5O4/c1-21-16(13-5-3-2-4-6-13)20-22(18(21)25)12-11-19-17(24)14-7-9-15(10-8-14)23(26)27/h2-10H,11-12H2,1H3,(H,19,24). The summed E-state index contributed by atoms with van der Waals surface area (Å²) in [7, 11) is 1.64. The Balaban J connectivity index is 1.64. The summed E-state index contributed by atoms with van der Waals surface area (Å²) in [6.45, 7) is 0.402. The molecule has 0 aliphatic rings. The number of non-ortho nitro benzene ring substituents is 1. The van der Waals surface area contributed by atoms with Gasteiger partial charge in [0.2, 0.25) is 0 Å². The number of carbonyl (C=O) groups is 1. The highest BCUT2D eigenvalue weighted by Gasteiger charge is 2.13. The van der Waals surface area contributed by atoms with E-state index in [4.69, 9.17) is 0 Å². The predicted octanol–water partition coefficient (Wildman–Crippen LogP) is 1.59. The zero-order valence-corrected chi connectivity index (χ0v) is 14.5. The van der Waals surface area contributed by atoms with Gasteiger partial charge >= 0.3 is 5.69 Å². The van der Waals surface area contributed by atoms with E-state index in [2.05, 4.69) is 10.4 Å². The Morgan fingerprint density at radius 1 is 1.15 bits per heavy atom. The summed E-state index contributed by atoms with van der Waals surface area (Å²) in [5.41, 5.74) is 0.767. The van der Waals surface area contributed by atoms with E-state index in [1.54, 1.807) is 7.05 Å². The molecule has 0 fully saturated rings. The van der Waals surface area contributed by atoms with Crippen LogP contribution in [0.1, 0.15) is 10.4 Å². The molecule has 0 aliphatic carbocycles. The van der Waals surface area contributed by atoms with Gasteiger partial charge in [-0.2, -0.15) is 0 Å². The average molecular weight is 367 g/mol. The van der Waals surface area contributed by atoms with Gasteiger partial charge < -0.3 is 5.32 Å². The number of nitro groups is 1. The molecule has 0 aliphatic heterocycles. The van der Waals surface area contributed by atoms with E-state index in [9.17, 15) is 19.7 Å². The summed E-state index contributed by atoms with van der Waals surface area (Å²) in [5, 5.41) is 17.6. The number of hydrogen-bond donors (Lipinski definition) is 1. The average Bonchev–Trinajstić information content (AvgIpc) is 2.97. The second-order valence-electron chi connectivity index (χ2n) is 5.81. The van der Waals surface area contributed by atoms with Crippen molar-refractivity contribution in [1.29, 1.82) is 0 Å². The molecule has 1 heterocycles. The minimum atomic E-state index is -0.528. The molecule has 9 nitrogen and oxygen atoms in total. The van der Waals surface area contributed by atoms with Crippen LogP contribution < -0.4 is 11.0 Å². The van der Waals surface area contributed by atoms with Crippen molar-refractivity contribution >= 4 is 11.6 Å². The first-order valence-corrected chi connectivity index (χ1v) is 8.19. The summed E-state index contributed by atoms with van der Waals surface area (Å²) >= 11 is 0. The van der Waals surface area contributed by atoms with Gasteiger partial charge in [0, 0.05) is 36.9 Å². The lowest BCUT2D eigenvalue weighted by Crippen LogP contribution is -2.31. The number of benzene rings is 2. The van der Waals surface area contributed by atoms with Crippen LogP contribution in [0.4, 0.5) is 5.69 Å². The molecule has 0 unspecified atom stereocenters. The van der Waals surface area contributed by atoms with E-state index in [1.165, 1.54) is 33.5 Å². The smallest absolute Gasteiger partial charge is 0.345 e. The molecule has 1 aromatic heterocycles. The molecule has 0 bridgehead atoms. The number of aromatic nitrogens is 3. The molecule has 3 aromatic rings. The van der Waals surface area contributed by atoms with Gasteiger partial charge in [-0.25, -0.2) is 9.48 Å². The number of amides is 1. The fourth-order valence-corrected chi connectivity index (χ4v) is 2.58. The maximum Gasteiger partial charge on any atom is 0.345 e. The molecule has 0 saturated heterocycles. The highest BCUT2D eigenvalue weighted by atomic mass is 16.6. The van der Waals surface area contributed by atoms with Crippen LogP contribution in [-0.4, -0.2) is 31.7 Å². The summed E-state index contributed by atoms with van der Waals surface area (Å²) in [6, 6.07) is 14.6. The topological polar surface area (TPSA) is 112 Å². The summed E-state index contributed by atoms with van der Waals surface area (Å²) < 4.78 is 2.74. The minimum absolute atomic E-state index is 0.0833. The fraction of sp³-hybridized carbons (Fsp3) is 0.167. The first kappa shape index (κ1) is 18.1. The van der Waals surface area contributed by atoms with Gasteiger partial charge in [0.15, 0.2) is 5.82 Å². The van der Waals surface area contributed by atoms with Gasteiger partial charge in [-0.1, -0.05) is 30.3 Å². The van der Waals surface area contributed by atoms with Crippen molar-refractivity contribution in [3.63, 3.8) is 0 Å². The van der Waals surface area contributed by atoms with Gasteiger partial charge in [0.25, 0.3) is 11.6 Å². The second kappa shape index (κ2) is 7.65. The number of nitrogens with zero attached hydrogens (tertiary/aromatic N) is 4. The minimum Gasteiger partial charge on any atom is -0.350 e. The lowest BCUT2D eigenvalue weighted by atomic mass is 10.2. The third-order valence-electron chi connectivity index (χ3n) is 4.02. The summed E-state index contributed by atoms with van der Waals surface area (Å²) in [4.78, 5) is 34.5. The Bertz CT molecular complexity index is 1020. The lowest BCUT2D eigenvalue weighted by molar-refractivity contribution is -0.384. The third-order valence-corrected chi connectivity index (χ3v) is 4.02. The Labute approximate surface area is 154 Å². The van der Waals surface area contributed by atoms with Crippen LogP contribution in [0.5, 0.6) is 0 Å². The van der Waals surface area contributed by atoms with Crippen LogP contribution in [0.25, 0.3) is 11.4 Å². The van der Waals surface area contributed by atoms with E-state index in [0.29, 0.717) is 11.4 Å². The zero-order valence-electron chi connectivity index (χ0n) is 14.5. The largest absolute Gasteiger partial charge is 0.350 e. The van der Waals surface area contributed by atoms with Crippen molar-refractivity contribution in [1.82, 2.24) is 19.7 Å². The van der Waals surface area contributed by atoms with E-state index in [0.717, 1.165) is 5.56 Å². The first-order valence-electron chi connectivity index (χ1n) is 8.19. The number of hydrogen-bond acceptors (Lipinski definition) is 5. The predicted molar refractivity (Wildman–Crippen MR) is 98.3 cm³/mol. The van der Waals surface area contributed by atoms with Crippen molar-refractivity contribution in [2.75, 3.05) is 6.54 Å². The molecule has 138 valence electrons. The van der Waals surface area contributed by atoms with Crippen molar-refractivity contribution in [3.8, 4) is 11.4 Å². The molecule has 3 rings (SSSR count). The van der Waals surface area contributed by atoms with Crippen molar-refractivity contribution in [3.05, 3.63) is 80.8 Å². The first-order chi connectivity index (χ1) is 13.0. The molecule has 0 atom stereocenters. The van der Waals surface area contributed by atoms with Crippen LogP contribution in [0.15, 0.2) is 59.4 Å². The van der Waals surface area contributed by atoms with E-state index in [-0.39, 0.29) is 30.4 Å². The molecule has 0 radical (unpaired) electrons. The number of nitro benzene ring substituents is 1. The monoisotopic (exact) mass is 367 g/mol. The molecule has 9 heteroatoms. The molecule has 0 spiro atoms.